The Morgan fingerprint density at radius 2 is 1.82 bits per heavy atom. The van der Waals surface area contributed by atoms with Crippen LogP contribution in [-0.4, -0.2) is 49.5 Å². The number of ether oxygens (including phenoxy) is 4. The highest BCUT2D eigenvalue weighted by Gasteiger charge is 2.13. The van der Waals surface area contributed by atoms with Crippen LogP contribution in [0.2, 0.25) is 0 Å². The highest BCUT2D eigenvalue weighted by atomic mass is 16.5. The summed E-state index contributed by atoms with van der Waals surface area (Å²) in [5.74, 6) is 2.04. The van der Waals surface area contributed by atoms with E-state index in [2.05, 4.69) is 20.5 Å². The van der Waals surface area contributed by atoms with E-state index in [4.69, 9.17) is 18.9 Å². The van der Waals surface area contributed by atoms with Gasteiger partial charge in [-0.3, -0.25) is 9.78 Å². The van der Waals surface area contributed by atoms with Crippen LogP contribution >= 0.6 is 0 Å². The molecular formula is C25H28N4O5. The molecule has 0 saturated heterocycles. The summed E-state index contributed by atoms with van der Waals surface area (Å²) in [5.41, 5.74) is 4.48. The van der Waals surface area contributed by atoms with E-state index in [-0.39, 0.29) is 5.69 Å². The lowest BCUT2D eigenvalue weighted by molar-refractivity contribution is 0.0950. The van der Waals surface area contributed by atoms with Gasteiger partial charge in [0.2, 0.25) is 0 Å². The van der Waals surface area contributed by atoms with Gasteiger partial charge in [-0.15, -0.1) is 0 Å². The molecule has 2 aromatic carbocycles. The predicted octanol–water partition coefficient (Wildman–Crippen LogP) is 4.11. The number of rotatable bonds is 11. The van der Waals surface area contributed by atoms with Gasteiger partial charge >= 0.3 is 0 Å². The normalized spacial score (nSPS) is 10.7. The molecule has 9 heteroatoms. The fourth-order valence-electron chi connectivity index (χ4n) is 3.06. The molecule has 0 radical (unpaired) electrons. The van der Waals surface area contributed by atoms with Gasteiger partial charge in [0.1, 0.15) is 28.7 Å². The van der Waals surface area contributed by atoms with E-state index >= 15 is 0 Å². The average molecular weight is 465 g/mol. The molecule has 1 aromatic heterocycles. The Morgan fingerprint density at radius 3 is 2.56 bits per heavy atom. The van der Waals surface area contributed by atoms with Gasteiger partial charge in [-0.25, -0.2) is 10.4 Å². The molecule has 0 atom stereocenters. The van der Waals surface area contributed by atoms with E-state index in [9.17, 15) is 4.79 Å². The molecule has 0 saturated carbocycles. The Bertz CT molecular complexity index is 1150. The maximum atomic E-state index is 12.6. The van der Waals surface area contributed by atoms with Crippen molar-refractivity contribution in [1.82, 2.24) is 15.4 Å². The molecule has 0 fully saturated rings. The number of benzene rings is 2. The van der Waals surface area contributed by atoms with Crippen molar-refractivity contribution in [1.29, 1.82) is 0 Å². The molecule has 9 nitrogen and oxygen atoms in total. The Labute approximate surface area is 198 Å². The van der Waals surface area contributed by atoms with Crippen LogP contribution in [0.3, 0.4) is 0 Å². The highest BCUT2D eigenvalue weighted by molar-refractivity contribution is 5.93. The van der Waals surface area contributed by atoms with Crippen LogP contribution in [0.25, 0.3) is 11.3 Å². The fourth-order valence-corrected chi connectivity index (χ4v) is 3.06. The molecule has 1 heterocycles. The first-order chi connectivity index (χ1) is 16.6. The third-order valence-corrected chi connectivity index (χ3v) is 4.62. The first-order valence-corrected chi connectivity index (χ1v) is 10.9. The zero-order valence-corrected chi connectivity index (χ0v) is 19.7. The minimum atomic E-state index is -0.499. The fraction of sp³-hybridized carbons (Fsp3) is 0.280. The van der Waals surface area contributed by atoms with E-state index in [1.54, 1.807) is 38.6 Å². The molecule has 0 bridgehead atoms. The molecule has 0 spiro atoms. The number of hydrogen-bond acceptors (Lipinski definition) is 8. The van der Waals surface area contributed by atoms with Gasteiger partial charge in [-0.05, 0) is 37.6 Å². The maximum Gasteiger partial charge on any atom is 0.291 e. The minimum absolute atomic E-state index is 0.114. The molecule has 0 aliphatic rings. The van der Waals surface area contributed by atoms with Crippen LogP contribution in [0.5, 0.6) is 23.0 Å². The van der Waals surface area contributed by atoms with Gasteiger partial charge < -0.3 is 18.9 Å². The second-order valence-corrected chi connectivity index (χ2v) is 7.07. The van der Waals surface area contributed by atoms with Gasteiger partial charge in [0.15, 0.2) is 0 Å². The summed E-state index contributed by atoms with van der Waals surface area (Å²) in [5, 5.41) is 4.04. The molecule has 1 amide bonds. The van der Waals surface area contributed by atoms with Gasteiger partial charge in [0.25, 0.3) is 5.91 Å². The number of carbonyl (C=O) groups excluding carboxylic acids is 1. The standard InChI is InChI=1S/C25H28N4O5/c1-5-9-34-20-11-17(10-19(12-20)31-3)14-27-29-25(30)23-16-26-15-22(28-23)21-8-7-18(33-6-2)13-24(21)32-4/h7-8,10-16H,5-6,9H2,1-4H3,(H,29,30)/b27-14+. The number of nitrogens with one attached hydrogen (secondary N) is 1. The van der Waals surface area contributed by atoms with E-state index < -0.39 is 5.91 Å². The maximum absolute atomic E-state index is 12.6. The lowest BCUT2D eigenvalue weighted by atomic mass is 10.1. The number of hydrazone groups is 1. The topological polar surface area (TPSA) is 104 Å². The van der Waals surface area contributed by atoms with Gasteiger partial charge in [-0.1, -0.05) is 6.92 Å². The Balaban J connectivity index is 1.75. The third-order valence-electron chi connectivity index (χ3n) is 4.62. The van der Waals surface area contributed by atoms with Gasteiger partial charge in [0, 0.05) is 23.3 Å². The third kappa shape index (κ3) is 6.44. The number of amides is 1. The van der Waals surface area contributed by atoms with Crippen LogP contribution in [-0.2, 0) is 0 Å². The zero-order chi connectivity index (χ0) is 24.3. The van der Waals surface area contributed by atoms with Crippen molar-refractivity contribution in [2.45, 2.75) is 20.3 Å². The first-order valence-electron chi connectivity index (χ1n) is 10.9. The summed E-state index contributed by atoms with van der Waals surface area (Å²) in [7, 11) is 3.14. The predicted molar refractivity (Wildman–Crippen MR) is 129 cm³/mol. The smallest absolute Gasteiger partial charge is 0.291 e. The summed E-state index contributed by atoms with van der Waals surface area (Å²) in [6.07, 6.45) is 5.33. The van der Waals surface area contributed by atoms with Crippen molar-refractivity contribution >= 4 is 12.1 Å². The van der Waals surface area contributed by atoms with E-state index in [1.165, 1.54) is 12.4 Å². The highest BCUT2D eigenvalue weighted by Crippen LogP contribution is 2.32. The van der Waals surface area contributed by atoms with Crippen LogP contribution < -0.4 is 24.4 Å². The Kier molecular flexibility index (Phi) is 8.79. The van der Waals surface area contributed by atoms with Crippen molar-refractivity contribution in [3.05, 3.63) is 60.0 Å². The molecular weight excluding hydrogens is 436 g/mol. The van der Waals surface area contributed by atoms with Crippen molar-refractivity contribution in [3.8, 4) is 34.3 Å². The number of hydrogen-bond donors (Lipinski definition) is 1. The largest absolute Gasteiger partial charge is 0.497 e. The lowest BCUT2D eigenvalue weighted by Crippen LogP contribution is -2.19. The van der Waals surface area contributed by atoms with Gasteiger partial charge in [-0.2, -0.15) is 5.10 Å². The summed E-state index contributed by atoms with van der Waals surface area (Å²) >= 11 is 0. The minimum Gasteiger partial charge on any atom is -0.497 e. The monoisotopic (exact) mass is 464 g/mol. The second kappa shape index (κ2) is 12.2. The molecule has 0 aliphatic carbocycles. The average Bonchev–Trinajstić information content (AvgIpc) is 2.87. The van der Waals surface area contributed by atoms with Crippen molar-refractivity contribution in [2.24, 2.45) is 5.10 Å². The summed E-state index contributed by atoms with van der Waals surface area (Å²) < 4.78 is 21.9. The molecule has 34 heavy (non-hydrogen) atoms. The van der Waals surface area contributed by atoms with Crippen molar-refractivity contribution in [3.63, 3.8) is 0 Å². The number of methoxy groups -OCH3 is 2. The first kappa shape index (κ1) is 24.5. The van der Waals surface area contributed by atoms with Crippen molar-refractivity contribution in [2.75, 3.05) is 27.4 Å². The van der Waals surface area contributed by atoms with E-state index in [1.807, 2.05) is 32.0 Å². The molecule has 0 unspecified atom stereocenters. The molecule has 0 aliphatic heterocycles. The van der Waals surface area contributed by atoms with Crippen LogP contribution in [0.15, 0.2) is 53.9 Å². The Morgan fingerprint density at radius 1 is 1.00 bits per heavy atom. The molecule has 178 valence electrons. The van der Waals surface area contributed by atoms with Crippen molar-refractivity contribution < 1.29 is 23.7 Å². The van der Waals surface area contributed by atoms with Gasteiger partial charge in [0.05, 0.1) is 51.7 Å². The van der Waals surface area contributed by atoms with Crippen LogP contribution in [0.1, 0.15) is 36.3 Å². The molecule has 3 aromatic rings. The quantitative estimate of drug-likeness (QED) is 0.336. The van der Waals surface area contributed by atoms with E-state index in [0.29, 0.717) is 53.0 Å². The van der Waals surface area contributed by atoms with Crippen LogP contribution in [0.4, 0.5) is 0 Å². The number of carbonyl (C=O) groups is 1. The second-order valence-electron chi connectivity index (χ2n) is 7.07. The van der Waals surface area contributed by atoms with Crippen LogP contribution in [0, 0.1) is 0 Å². The lowest BCUT2D eigenvalue weighted by Gasteiger charge is -2.11. The number of aromatic nitrogens is 2. The summed E-state index contributed by atoms with van der Waals surface area (Å²) in [6.45, 7) is 5.07. The van der Waals surface area contributed by atoms with E-state index in [0.717, 1.165) is 6.42 Å². The summed E-state index contributed by atoms with van der Waals surface area (Å²) in [6, 6.07) is 10.8. The molecule has 1 N–H and O–H groups in total. The molecule has 3 rings (SSSR count). The summed E-state index contributed by atoms with van der Waals surface area (Å²) in [4.78, 5) is 21.2. The number of nitrogens with zero attached hydrogens (tertiary/aromatic N) is 3. The zero-order valence-electron chi connectivity index (χ0n) is 19.7. The Hall–Kier alpha value is -4.14. The SMILES string of the molecule is CCCOc1cc(/C=N/NC(=O)c2cncc(-c3ccc(OCC)cc3OC)n2)cc(OC)c1.